The highest BCUT2D eigenvalue weighted by Gasteiger charge is 2.06. The largest absolute Gasteiger partial charge is 0.409 e. The molecule has 1 unspecified atom stereocenters. The summed E-state index contributed by atoms with van der Waals surface area (Å²) in [5.41, 5.74) is 6.69. The standard InChI is InChI=1S/C13H22N4O/c1-11(13(14)16-18)15-9-6-10-17(2)12-7-4-3-5-8-12/h3-5,7-8,11,15,18H,6,9-10H2,1-2H3,(H2,14,16). The van der Waals surface area contributed by atoms with E-state index in [0.717, 1.165) is 19.5 Å². The van der Waals surface area contributed by atoms with Crippen LogP contribution in [0.2, 0.25) is 0 Å². The van der Waals surface area contributed by atoms with Gasteiger partial charge in [0.2, 0.25) is 0 Å². The van der Waals surface area contributed by atoms with Crippen molar-refractivity contribution < 1.29 is 5.21 Å². The number of anilines is 1. The zero-order valence-electron chi connectivity index (χ0n) is 11.0. The van der Waals surface area contributed by atoms with Crippen molar-refractivity contribution in [1.82, 2.24) is 5.32 Å². The van der Waals surface area contributed by atoms with E-state index in [1.807, 2.05) is 25.1 Å². The van der Waals surface area contributed by atoms with Crippen LogP contribution < -0.4 is 16.0 Å². The van der Waals surface area contributed by atoms with Crippen molar-refractivity contribution in [3.8, 4) is 0 Å². The molecule has 0 bridgehead atoms. The Morgan fingerprint density at radius 1 is 1.44 bits per heavy atom. The molecule has 0 amide bonds. The second-order valence-corrected chi connectivity index (χ2v) is 4.31. The Morgan fingerprint density at radius 3 is 2.72 bits per heavy atom. The van der Waals surface area contributed by atoms with E-state index in [1.165, 1.54) is 5.69 Å². The number of hydrogen-bond donors (Lipinski definition) is 3. The number of rotatable bonds is 7. The van der Waals surface area contributed by atoms with Gasteiger partial charge in [-0.2, -0.15) is 0 Å². The van der Waals surface area contributed by atoms with Gasteiger partial charge in [0, 0.05) is 19.3 Å². The van der Waals surface area contributed by atoms with Crippen LogP contribution in [0.25, 0.3) is 0 Å². The molecule has 0 aliphatic rings. The summed E-state index contributed by atoms with van der Waals surface area (Å²) in [7, 11) is 2.07. The summed E-state index contributed by atoms with van der Waals surface area (Å²) in [6.07, 6.45) is 0.994. The highest BCUT2D eigenvalue weighted by Crippen LogP contribution is 2.10. The molecule has 0 aromatic heterocycles. The van der Waals surface area contributed by atoms with E-state index in [1.54, 1.807) is 0 Å². The van der Waals surface area contributed by atoms with Crippen LogP contribution in [0.15, 0.2) is 35.5 Å². The molecule has 0 saturated heterocycles. The van der Waals surface area contributed by atoms with Gasteiger partial charge in [-0.3, -0.25) is 0 Å². The summed E-state index contributed by atoms with van der Waals surface area (Å²) >= 11 is 0. The predicted octanol–water partition coefficient (Wildman–Crippen LogP) is 1.24. The molecule has 18 heavy (non-hydrogen) atoms. The molecule has 0 saturated carbocycles. The smallest absolute Gasteiger partial charge is 0.156 e. The molecule has 5 nitrogen and oxygen atoms in total. The van der Waals surface area contributed by atoms with Gasteiger partial charge in [-0.1, -0.05) is 23.4 Å². The number of amidine groups is 1. The van der Waals surface area contributed by atoms with Gasteiger partial charge in [0.25, 0.3) is 0 Å². The van der Waals surface area contributed by atoms with Gasteiger partial charge in [0.15, 0.2) is 5.84 Å². The molecule has 1 aromatic rings. The number of nitrogens with one attached hydrogen (secondary N) is 1. The minimum absolute atomic E-state index is 0.1000. The van der Waals surface area contributed by atoms with Crippen molar-refractivity contribution in [3.05, 3.63) is 30.3 Å². The predicted molar refractivity (Wildman–Crippen MR) is 75.2 cm³/mol. The first-order valence-corrected chi connectivity index (χ1v) is 6.12. The lowest BCUT2D eigenvalue weighted by Gasteiger charge is -2.20. The maximum Gasteiger partial charge on any atom is 0.156 e. The minimum Gasteiger partial charge on any atom is -0.409 e. The molecule has 0 radical (unpaired) electrons. The lowest BCUT2D eigenvalue weighted by Crippen LogP contribution is -2.40. The molecule has 0 heterocycles. The quantitative estimate of drug-likeness (QED) is 0.224. The Morgan fingerprint density at radius 2 is 2.11 bits per heavy atom. The van der Waals surface area contributed by atoms with Gasteiger partial charge >= 0.3 is 0 Å². The highest BCUT2D eigenvalue weighted by atomic mass is 16.4. The Hall–Kier alpha value is -1.75. The average Bonchev–Trinajstić information content (AvgIpc) is 2.43. The Bertz CT molecular complexity index is 367. The SMILES string of the molecule is CC(NCCCN(C)c1ccccc1)C(N)=NO. The third kappa shape index (κ3) is 4.63. The van der Waals surface area contributed by atoms with Crippen LogP contribution in [0.4, 0.5) is 5.69 Å². The molecule has 0 fully saturated rings. The second-order valence-electron chi connectivity index (χ2n) is 4.31. The molecule has 5 heteroatoms. The molecule has 0 spiro atoms. The number of nitrogens with two attached hydrogens (primary N) is 1. The van der Waals surface area contributed by atoms with E-state index in [-0.39, 0.29) is 11.9 Å². The molecular weight excluding hydrogens is 228 g/mol. The van der Waals surface area contributed by atoms with Gasteiger partial charge < -0.3 is 21.2 Å². The van der Waals surface area contributed by atoms with Crippen molar-refractivity contribution in [2.24, 2.45) is 10.9 Å². The van der Waals surface area contributed by atoms with Crippen molar-refractivity contribution in [3.63, 3.8) is 0 Å². The lowest BCUT2D eigenvalue weighted by molar-refractivity contribution is 0.315. The van der Waals surface area contributed by atoms with E-state index < -0.39 is 0 Å². The van der Waals surface area contributed by atoms with Crippen LogP contribution in [0.3, 0.4) is 0 Å². The zero-order chi connectivity index (χ0) is 13.4. The Labute approximate surface area is 108 Å². The number of oxime groups is 1. The molecular formula is C13H22N4O. The van der Waals surface area contributed by atoms with Crippen molar-refractivity contribution in [1.29, 1.82) is 0 Å². The van der Waals surface area contributed by atoms with E-state index in [0.29, 0.717) is 0 Å². The summed E-state index contributed by atoms with van der Waals surface area (Å²) < 4.78 is 0. The first-order chi connectivity index (χ1) is 8.65. The van der Waals surface area contributed by atoms with E-state index in [2.05, 4.69) is 34.6 Å². The van der Waals surface area contributed by atoms with Crippen LogP contribution in [0.1, 0.15) is 13.3 Å². The van der Waals surface area contributed by atoms with Crippen molar-refractivity contribution in [2.45, 2.75) is 19.4 Å². The summed E-state index contributed by atoms with van der Waals surface area (Å²) in [5, 5.41) is 14.7. The topological polar surface area (TPSA) is 73.9 Å². The van der Waals surface area contributed by atoms with Crippen molar-refractivity contribution >= 4 is 11.5 Å². The summed E-state index contributed by atoms with van der Waals surface area (Å²) in [5.74, 6) is 0.214. The fourth-order valence-corrected chi connectivity index (χ4v) is 1.64. The number of para-hydroxylation sites is 1. The van der Waals surface area contributed by atoms with Gasteiger partial charge in [0.1, 0.15) is 0 Å². The van der Waals surface area contributed by atoms with E-state index >= 15 is 0 Å². The van der Waals surface area contributed by atoms with Crippen molar-refractivity contribution in [2.75, 3.05) is 25.0 Å². The number of benzene rings is 1. The zero-order valence-corrected chi connectivity index (χ0v) is 11.0. The Kier molecular flexibility index (Phi) is 6.00. The molecule has 0 aliphatic carbocycles. The maximum atomic E-state index is 8.51. The van der Waals surface area contributed by atoms with Crippen LogP contribution in [-0.2, 0) is 0 Å². The van der Waals surface area contributed by atoms with Gasteiger partial charge in [0.05, 0.1) is 6.04 Å². The number of nitrogens with zero attached hydrogens (tertiary/aromatic N) is 2. The molecule has 4 N–H and O–H groups in total. The van der Waals surface area contributed by atoms with E-state index in [9.17, 15) is 0 Å². The average molecular weight is 250 g/mol. The molecule has 100 valence electrons. The fraction of sp³-hybridized carbons (Fsp3) is 0.462. The van der Waals surface area contributed by atoms with Gasteiger partial charge in [-0.15, -0.1) is 0 Å². The third-order valence-electron chi connectivity index (χ3n) is 2.88. The summed E-state index contributed by atoms with van der Waals surface area (Å²) in [6.45, 7) is 3.66. The van der Waals surface area contributed by atoms with Crippen LogP contribution in [-0.4, -0.2) is 37.2 Å². The minimum atomic E-state index is -0.1000. The molecule has 1 aromatic carbocycles. The second kappa shape index (κ2) is 7.55. The van der Waals surface area contributed by atoms with Crippen LogP contribution >= 0.6 is 0 Å². The first kappa shape index (κ1) is 14.3. The van der Waals surface area contributed by atoms with Crippen LogP contribution in [0, 0.1) is 0 Å². The first-order valence-electron chi connectivity index (χ1n) is 6.12. The summed E-state index contributed by atoms with van der Waals surface area (Å²) in [6, 6.07) is 10.2. The summed E-state index contributed by atoms with van der Waals surface area (Å²) in [4.78, 5) is 2.20. The molecule has 1 atom stereocenters. The molecule has 0 aliphatic heterocycles. The Balaban J connectivity index is 2.22. The monoisotopic (exact) mass is 250 g/mol. The van der Waals surface area contributed by atoms with Crippen LogP contribution in [0.5, 0.6) is 0 Å². The van der Waals surface area contributed by atoms with Gasteiger partial charge in [-0.25, -0.2) is 0 Å². The van der Waals surface area contributed by atoms with Gasteiger partial charge in [-0.05, 0) is 32.0 Å². The van der Waals surface area contributed by atoms with E-state index in [4.69, 9.17) is 10.9 Å². The lowest BCUT2D eigenvalue weighted by atomic mass is 10.2. The molecule has 1 rings (SSSR count). The third-order valence-corrected chi connectivity index (χ3v) is 2.88. The normalized spacial score (nSPS) is 13.3. The maximum absolute atomic E-state index is 8.51. The highest BCUT2D eigenvalue weighted by molar-refractivity contribution is 5.84. The fourth-order valence-electron chi connectivity index (χ4n) is 1.64. The number of hydrogen-bond acceptors (Lipinski definition) is 4.